The van der Waals surface area contributed by atoms with Gasteiger partial charge in [-0.1, -0.05) is 0 Å². The van der Waals surface area contributed by atoms with Crippen molar-refractivity contribution in [1.82, 2.24) is 14.5 Å². The maximum Gasteiger partial charge on any atom is 0.255 e. The van der Waals surface area contributed by atoms with Crippen molar-refractivity contribution in [3.63, 3.8) is 0 Å². The number of hydrogen-bond donors (Lipinski definition) is 1. The van der Waals surface area contributed by atoms with Crippen molar-refractivity contribution in [2.24, 2.45) is 0 Å². The standard InChI is InChI=1S/C21H21FN4O6S/c22-16-10-15-13(11-26(21(15)29)17-1-2-19(27)23-20(17)28)9-18(16)24-4-6-25(7-5-24)33(30,31)14-3-8-32-12-14/h3,8-10,12,17H,1-2,4-7,11H2,(H,23,27,28). The van der Waals surface area contributed by atoms with E-state index in [1.165, 1.54) is 33.9 Å². The molecule has 1 unspecified atom stereocenters. The van der Waals surface area contributed by atoms with Crippen LogP contribution >= 0.6 is 0 Å². The van der Waals surface area contributed by atoms with Gasteiger partial charge in [-0.25, -0.2) is 12.8 Å². The second kappa shape index (κ2) is 7.96. The van der Waals surface area contributed by atoms with Crippen LogP contribution in [0.25, 0.3) is 0 Å². The van der Waals surface area contributed by atoms with Crippen LogP contribution in [0.4, 0.5) is 10.1 Å². The Bertz CT molecular complexity index is 1240. The number of carbonyl (C=O) groups is 3. The number of piperazine rings is 1. The van der Waals surface area contributed by atoms with E-state index in [2.05, 4.69) is 5.32 Å². The minimum atomic E-state index is -3.67. The third-order valence-corrected chi connectivity index (χ3v) is 8.18. The zero-order chi connectivity index (χ0) is 23.3. The number of furan rings is 1. The van der Waals surface area contributed by atoms with Gasteiger partial charge in [0.1, 0.15) is 23.0 Å². The molecule has 10 nitrogen and oxygen atoms in total. The van der Waals surface area contributed by atoms with Gasteiger partial charge in [-0.2, -0.15) is 4.31 Å². The number of carbonyl (C=O) groups excluding carboxylic acids is 3. The summed E-state index contributed by atoms with van der Waals surface area (Å²) in [6, 6.07) is 3.38. The maximum absolute atomic E-state index is 15.0. The SMILES string of the molecule is O=C1CCC(N2Cc3cc(N4CCN(S(=O)(=O)c5ccoc5)CC4)c(F)cc3C2=O)C(=O)N1. The number of hydrogen-bond acceptors (Lipinski definition) is 7. The van der Waals surface area contributed by atoms with E-state index in [1.807, 2.05) is 0 Å². The number of benzene rings is 1. The Hall–Kier alpha value is -3.25. The fourth-order valence-electron chi connectivity index (χ4n) is 4.54. The van der Waals surface area contributed by atoms with Gasteiger partial charge in [-0.05, 0) is 30.2 Å². The quantitative estimate of drug-likeness (QED) is 0.645. The van der Waals surface area contributed by atoms with Gasteiger partial charge in [0.25, 0.3) is 5.91 Å². The van der Waals surface area contributed by atoms with E-state index in [0.29, 0.717) is 5.56 Å². The van der Waals surface area contributed by atoms with E-state index in [4.69, 9.17) is 4.42 Å². The summed E-state index contributed by atoms with van der Waals surface area (Å²) in [5, 5.41) is 2.24. The van der Waals surface area contributed by atoms with E-state index in [-0.39, 0.29) is 67.6 Å². The molecule has 0 spiro atoms. The van der Waals surface area contributed by atoms with Gasteiger partial charge in [-0.15, -0.1) is 0 Å². The molecule has 1 aromatic heterocycles. The number of imide groups is 1. The number of anilines is 1. The van der Waals surface area contributed by atoms with Gasteiger partial charge >= 0.3 is 0 Å². The molecule has 174 valence electrons. The molecule has 5 rings (SSSR count). The van der Waals surface area contributed by atoms with Crippen LogP contribution in [0.2, 0.25) is 0 Å². The Morgan fingerprint density at radius 2 is 1.85 bits per heavy atom. The largest absolute Gasteiger partial charge is 0.471 e. The predicted octanol–water partition coefficient (Wildman–Crippen LogP) is 0.691. The summed E-state index contributed by atoms with van der Waals surface area (Å²) in [5.74, 6) is -1.93. The summed E-state index contributed by atoms with van der Waals surface area (Å²) in [6.07, 6.45) is 2.84. The number of fused-ring (bicyclic) bond motifs is 1. The first-order valence-corrected chi connectivity index (χ1v) is 11.9. The van der Waals surface area contributed by atoms with E-state index in [9.17, 15) is 27.2 Å². The van der Waals surface area contributed by atoms with Crippen molar-refractivity contribution >= 4 is 33.4 Å². The van der Waals surface area contributed by atoms with Gasteiger partial charge in [-0.3, -0.25) is 19.7 Å². The Balaban J connectivity index is 1.32. The highest BCUT2D eigenvalue weighted by Crippen LogP contribution is 2.33. The molecule has 3 aliphatic heterocycles. The Labute approximate surface area is 189 Å². The molecule has 0 saturated carbocycles. The summed E-state index contributed by atoms with van der Waals surface area (Å²) in [6.45, 7) is 1.04. The molecule has 0 bridgehead atoms. The monoisotopic (exact) mass is 476 g/mol. The van der Waals surface area contributed by atoms with E-state index < -0.39 is 33.7 Å². The molecule has 1 N–H and O–H groups in total. The molecule has 4 heterocycles. The molecule has 3 aliphatic rings. The summed E-state index contributed by atoms with van der Waals surface area (Å²) in [7, 11) is -3.67. The first-order chi connectivity index (χ1) is 15.8. The van der Waals surface area contributed by atoms with Crippen LogP contribution < -0.4 is 10.2 Å². The number of nitrogens with one attached hydrogen (secondary N) is 1. The van der Waals surface area contributed by atoms with Gasteiger partial charge in [0.15, 0.2) is 0 Å². The first-order valence-electron chi connectivity index (χ1n) is 10.5. The zero-order valence-electron chi connectivity index (χ0n) is 17.5. The third-order valence-electron chi connectivity index (χ3n) is 6.30. The first kappa shape index (κ1) is 21.6. The summed E-state index contributed by atoms with van der Waals surface area (Å²) in [5.41, 5.74) is 1.07. The lowest BCUT2D eigenvalue weighted by molar-refractivity contribution is -0.136. The zero-order valence-corrected chi connectivity index (χ0v) is 18.3. The lowest BCUT2D eigenvalue weighted by Gasteiger charge is -2.35. The maximum atomic E-state index is 15.0. The molecule has 1 atom stereocenters. The molecule has 0 aliphatic carbocycles. The lowest BCUT2D eigenvalue weighted by Crippen LogP contribution is -2.52. The van der Waals surface area contributed by atoms with Crippen molar-refractivity contribution in [3.05, 3.63) is 47.7 Å². The Morgan fingerprint density at radius 1 is 1.09 bits per heavy atom. The van der Waals surface area contributed by atoms with Crippen LogP contribution in [0, 0.1) is 5.82 Å². The van der Waals surface area contributed by atoms with E-state index in [0.717, 1.165) is 0 Å². The van der Waals surface area contributed by atoms with Crippen LogP contribution in [0.15, 0.2) is 40.0 Å². The minimum Gasteiger partial charge on any atom is -0.471 e. The van der Waals surface area contributed by atoms with E-state index in [1.54, 1.807) is 11.0 Å². The van der Waals surface area contributed by atoms with Crippen molar-refractivity contribution in [2.45, 2.75) is 30.3 Å². The number of piperidine rings is 1. The second-order valence-corrected chi connectivity index (χ2v) is 10.1. The predicted molar refractivity (Wildman–Crippen MR) is 112 cm³/mol. The fourth-order valence-corrected chi connectivity index (χ4v) is 5.88. The van der Waals surface area contributed by atoms with Crippen molar-refractivity contribution in [1.29, 1.82) is 0 Å². The van der Waals surface area contributed by atoms with Crippen LogP contribution in [-0.4, -0.2) is 67.6 Å². The number of nitrogens with zero attached hydrogens (tertiary/aromatic N) is 3. The molecule has 2 aromatic rings. The second-order valence-electron chi connectivity index (χ2n) is 8.21. The number of sulfonamides is 1. The molecule has 33 heavy (non-hydrogen) atoms. The fraction of sp³-hybridized carbons (Fsp3) is 0.381. The lowest BCUT2D eigenvalue weighted by atomic mass is 10.0. The van der Waals surface area contributed by atoms with Crippen molar-refractivity contribution < 1.29 is 31.6 Å². The Morgan fingerprint density at radius 3 is 2.52 bits per heavy atom. The average Bonchev–Trinajstić information content (AvgIpc) is 3.43. The van der Waals surface area contributed by atoms with E-state index >= 15 is 0 Å². The molecule has 2 saturated heterocycles. The normalized spacial score (nSPS) is 22.0. The molecule has 1 aromatic carbocycles. The van der Waals surface area contributed by atoms with Crippen LogP contribution in [0.5, 0.6) is 0 Å². The summed E-state index contributed by atoms with van der Waals surface area (Å²) < 4.78 is 46.5. The van der Waals surface area contributed by atoms with Gasteiger partial charge < -0.3 is 14.2 Å². The highest BCUT2D eigenvalue weighted by atomic mass is 32.2. The van der Waals surface area contributed by atoms with Crippen LogP contribution in [0.1, 0.15) is 28.8 Å². The topological polar surface area (TPSA) is 120 Å². The smallest absolute Gasteiger partial charge is 0.255 e. The minimum absolute atomic E-state index is 0.0757. The third kappa shape index (κ3) is 3.68. The molecular weight excluding hydrogens is 455 g/mol. The number of amides is 3. The van der Waals surface area contributed by atoms with Gasteiger partial charge in [0.2, 0.25) is 21.8 Å². The van der Waals surface area contributed by atoms with Crippen LogP contribution in [0.3, 0.4) is 0 Å². The van der Waals surface area contributed by atoms with Crippen molar-refractivity contribution in [3.8, 4) is 0 Å². The Kier molecular flexibility index (Phi) is 5.20. The average molecular weight is 476 g/mol. The molecule has 3 amide bonds. The number of rotatable bonds is 4. The van der Waals surface area contributed by atoms with Gasteiger partial charge in [0.05, 0.1) is 12.0 Å². The summed E-state index contributed by atoms with van der Waals surface area (Å²) in [4.78, 5) is 39.6. The van der Waals surface area contributed by atoms with Crippen molar-refractivity contribution in [2.75, 3.05) is 31.1 Å². The molecule has 0 radical (unpaired) electrons. The highest BCUT2D eigenvalue weighted by Gasteiger charge is 2.40. The molecule has 2 fully saturated rings. The van der Waals surface area contributed by atoms with Gasteiger partial charge in [0, 0.05) is 44.7 Å². The molecule has 12 heteroatoms. The highest BCUT2D eigenvalue weighted by molar-refractivity contribution is 7.89. The summed E-state index contributed by atoms with van der Waals surface area (Å²) >= 11 is 0. The van der Waals surface area contributed by atoms with Crippen LogP contribution in [-0.2, 0) is 26.2 Å². The number of halogens is 1. The molecular formula is C21H21FN4O6S.